The minimum absolute atomic E-state index is 0.227. The molecule has 1 aromatic carbocycles. The van der Waals surface area contributed by atoms with Gasteiger partial charge in [0.25, 0.3) is 0 Å². The minimum atomic E-state index is -0.328. The van der Waals surface area contributed by atoms with E-state index in [0.717, 1.165) is 32.5 Å². The third-order valence-corrected chi connectivity index (χ3v) is 4.27. The molecule has 1 fully saturated rings. The van der Waals surface area contributed by atoms with E-state index in [1.54, 1.807) is 24.3 Å². The van der Waals surface area contributed by atoms with Crippen molar-refractivity contribution < 1.29 is 14.3 Å². The molecule has 0 aromatic heterocycles. The topological polar surface area (TPSA) is 70.7 Å². The average Bonchev–Trinajstić information content (AvgIpc) is 2.63. The third-order valence-electron chi connectivity index (χ3n) is 4.27. The van der Waals surface area contributed by atoms with Crippen molar-refractivity contribution >= 4 is 17.7 Å². The maximum absolute atomic E-state index is 11.9. The normalized spacial score (nSPS) is 14.8. The smallest absolute Gasteiger partial charge is 0.338 e. The number of urea groups is 1. The molecule has 0 aliphatic carbocycles. The van der Waals surface area contributed by atoms with Crippen LogP contribution in [-0.2, 0) is 4.74 Å². The second-order valence-corrected chi connectivity index (χ2v) is 6.35. The van der Waals surface area contributed by atoms with E-state index in [9.17, 15) is 9.59 Å². The Morgan fingerprint density at radius 2 is 1.84 bits per heavy atom. The summed E-state index contributed by atoms with van der Waals surface area (Å²) < 4.78 is 5.16. The van der Waals surface area contributed by atoms with E-state index in [0.29, 0.717) is 24.4 Å². The quantitative estimate of drug-likeness (QED) is 0.559. The van der Waals surface area contributed by atoms with Gasteiger partial charge >= 0.3 is 12.0 Å². The number of benzene rings is 1. The van der Waals surface area contributed by atoms with Crippen molar-refractivity contribution in [3.05, 3.63) is 29.8 Å². The zero-order valence-corrected chi connectivity index (χ0v) is 15.1. The van der Waals surface area contributed by atoms with Crippen LogP contribution in [0.4, 0.5) is 10.5 Å². The molecule has 0 unspecified atom stereocenters. The van der Waals surface area contributed by atoms with Crippen LogP contribution in [0.15, 0.2) is 24.3 Å². The van der Waals surface area contributed by atoms with Crippen LogP contribution in [0.5, 0.6) is 0 Å². The van der Waals surface area contributed by atoms with E-state index in [2.05, 4.69) is 15.5 Å². The summed E-state index contributed by atoms with van der Waals surface area (Å²) >= 11 is 0. The molecule has 0 radical (unpaired) electrons. The van der Waals surface area contributed by atoms with E-state index in [1.165, 1.54) is 19.3 Å². The predicted octanol–water partition coefficient (Wildman–Crippen LogP) is 3.25. The van der Waals surface area contributed by atoms with Gasteiger partial charge in [-0.3, -0.25) is 0 Å². The Morgan fingerprint density at radius 3 is 2.52 bits per heavy atom. The Kier molecular flexibility index (Phi) is 8.25. The molecule has 1 aliphatic heterocycles. The Balaban J connectivity index is 1.68. The highest BCUT2D eigenvalue weighted by atomic mass is 16.5. The van der Waals surface area contributed by atoms with Gasteiger partial charge in [0.1, 0.15) is 0 Å². The highest BCUT2D eigenvalue weighted by molar-refractivity contribution is 5.92. The van der Waals surface area contributed by atoms with Gasteiger partial charge in [-0.1, -0.05) is 19.8 Å². The second-order valence-electron chi connectivity index (χ2n) is 6.35. The molecular formula is C19H29N3O3. The summed E-state index contributed by atoms with van der Waals surface area (Å²) in [6, 6.07) is 6.52. The van der Waals surface area contributed by atoms with Crippen LogP contribution in [-0.4, -0.2) is 49.7 Å². The van der Waals surface area contributed by atoms with E-state index >= 15 is 0 Å². The first kappa shape index (κ1) is 19.2. The molecule has 1 heterocycles. The van der Waals surface area contributed by atoms with Gasteiger partial charge in [-0.15, -0.1) is 0 Å². The molecule has 0 bridgehead atoms. The Labute approximate surface area is 149 Å². The van der Waals surface area contributed by atoms with E-state index in [-0.39, 0.29) is 12.0 Å². The zero-order chi connectivity index (χ0) is 17.9. The standard InChI is InChI=1S/C19H29N3O3/c1-2-3-15-25-18(23)16-7-9-17(10-8-16)21-19(24)20-11-14-22-12-5-4-6-13-22/h7-10H,2-6,11-15H2,1H3,(H2,20,21,24). The number of carbonyl (C=O) groups excluding carboxylic acids is 2. The fourth-order valence-corrected chi connectivity index (χ4v) is 2.77. The number of unbranched alkanes of at least 4 members (excludes halogenated alkanes) is 1. The number of nitrogens with one attached hydrogen (secondary N) is 2. The largest absolute Gasteiger partial charge is 0.462 e. The first-order chi connectivity index (χ1) is 12.2. The van der Waals surface area contributed by atoms with Crippen LogP contribution in [0, 0.1) is 0 Å². The molecule has 6 nitrogen and oxygen atoms in total. The molecular weight excluding hydrogens is 318 g/mol. The van der Waals surface area contributed by atoms with Crippen molar-refractivity contribution in [3.63, 3.8) is 0 Å². The van der Waals surface area contributed by atoms with Crippen molar-refractivity contribution in [3.8, 4) is 0 Å². The van der Waals surface area contributed by atoms with Gasteiger partial charge in [0.2, 0.25) is 0 Å². The number of esters is 1. The second kappa shape index (κ2) is 10.7. The monoisotopic (exact) mass is 347 g/mol. The van der Waals surface area contributed by atoms with Gasteiger partial charge in [0.15, 0.2) is 0 Å². The van der Waals surface area contributed by atoms with Crippen LogP contribution >= 0.6 is 0 Å². The van der Waals surface area contributed by atoms with Crippen molar-refractivity contribution in [2.45, 2.75) is 39.0 Å². The fraction of sp³-hybridized carbons (Fsp3) is 0.579. The number of rotatable bonds is 8. The molecule has 2 N–H and O–H groups in total. The summed E-state index contributed by atoms with van der Waals surface area (Å²) in [6.45, 7) is 6.25. The summed E-state index contributed by atoms with van der Waals surface area (Å²) in [6.07, 6.45) is 5.66. The number of nitrogens with zero attached hydrogens (tertiary/aromatic N) is 1. The Morgan fingerprint density at radius 1 is 1.12 bits per heavy atom. The third kappa shape index (κ3) is 7.13. The molecule has 138 valence electrons. The number of carbonyl (C=O) groups is 2. The van der Waals surface area contributed by atoms with Crippen molar-refractivity contribution in [2.24, 2.45) is 0 Å². The molecule has 25 heavy (non-hydrogen) atoms. The molecule has 1 aromatic rings. The highest BCUT2D eigenvalue weighted by Crippen LogP contribution is 2.11. The lowest BCUT2D eigenvalue weighted by atomic mass is 10.1. The fourth-order valence-electron chi connectivity index (χ4n) is 2.77. The lowest BCUT2D eigenvalue weighted by Gasteiger charge is -2.26. The molecule has 2 amide bonds. The predicted molar refractivity (Wildman–Crippen MR) is 98.9 cm³/mol. The van der Waals surface area contributed by atoms with Crippen LogP contribution in [0.3, 0.4) is 0 Å². The van der Waals surface area contributed by atoms with Crippen LogP contribution in [0.25, 0.3) is 0 Å². The summed E-state index contributed by atoms with van der Waals surface area (Å²) in [4.78, 5) is 26.1. The van der Waals surface area contributed by atoms with Gasteiger partial charge in [-0.2, -0.15) is 0 Å². The van der Waals surface area contributed by atoms with Gasteiger partial charge in [0.05, 0.1) is 12.2 Å². The van der Waals surface area contributed by atoms with Crippen molar-refractivity contribution in [1.29, 1.82) is 0 Å². The van der Waals surface area contributed by atoms with Crippen LogP contribution in [0.2, 0.25) is 0 Å². The van der Waals surface area contributed by atoms with Crippen LogP contribution < -0.4 is 10.6 Å². The molecule has 6 heteroatoms. The maximum atomic E-state index is 11.9. The lowest BCUT2D eigenvalue weighted by Crippen LogP contribution is -2.39. The summed E-state index contributed by atoms with van der Waals surface area (Å²) in [5, 5.41) is 5.64. The van der Waals surface area contributed by atoms with E-state index in [4.69, 9.17) is 4.74 Å². The number of amides is 2. The van der Waals surface area contributed by atoms with Gasteiger partial charge in [-0.05, 0) is 56.6 Å². The maximum Gasteiger partial charge on any atom is 0.338 e. The lowest BCUT2D eigenvalue weighted by molar-refractivity contribution is 0.0500. The minimum Gasteiger partial charge on any atom is -0.462 e. The number of ether oxygens (including phenoxy) is 1. The van der Waals surface area contributed by atoms with Gasteiger partial charge in [-0.25, -0.2) is 9.59 Å². The average molecular weight is 347 g/mol. The summed E-state index contributed by atoms with van der Waals surface area (Å²) in [5.74, 6) is -0.328. The highest BCUT2D eigenvalue weighted by Gasteiger charge is 2.10. The Hall–Kier alpha value is -2.08. The van der Waals surface area contributed by atoms with Crippen molar-refractivity contribution in [2.75, 3.05) is 38.1 Å². The Bertz CT molecular complexity index is 539. The molecule has 0 atom stereocenters. The number of hydrogen-bond acceptors (Lipinski definition) is 4. The van der Waals surface area contributed by atoms with E-state index < -0.39 is 0 Å². The van der Waals surface area contributed by atoms with E-state index in [1.807, 2.05) is 6.92 Å². The van der Waals surface area contributed by atoms with Crippen LogP contribution in [0.1, 0.15) is 49.4 Å². The number of hydrogen-bond donors (Lipinski definition) is 2. The number of likely N-dealkylation sites (tertiary alicyclic amines) is 1. The SMILES string of the molecule is CCCCOC(=O)c1ccc(NC(=O)NCCN2CCCCC2)cc1. The van der Waals surface area contributed by atoms with Gasteiger partial charge < -0.3 is 20.3 Å². The van der Waals surface area contributed by atoms with Crippen molar-refractivity contribution in [1.82, 2.24) is 10.2 Å². The molecule has 0 saturated carbocycles. The number of anilines is 1. The number of piperidine rings is 1. The zero-order valence-electron chi connectivity index (χ0n) is 15.1. The molecule has 1 aliphatic rings. The molecule has 1 saturated heterocycles. The first-order valence-electron chi connectivity index (χ1n) is 9.23. The molecule has 2 rings (SSSR count). The first-order valence-corrected chi connectivity index (χ1v) is 9.23. The summed E-state index contributed by atoms with van der Waals surface area (Å²) in [5.41, 5.74) is 1.15. The summed E-state index contributed by atoms with van der Waals surface area (Å²) in [7, 11) is 0. The molecule has 0 spiro atoms. The van der Waals surface area contributed by atoms with Gasteiger partial charge in [0, 0.05) is 18.8 Å².